The van der Waals surface area contributed by atoms with E-state index in [0.29, 0.717) is 29.8 Å². The van der Waals surface area contributed by atoms with Crippen LogP contribution in [0, 0.1) is 0 Å². The Labute approximate surface area is 254 Å². The molecule has 1 saturated carbocycles. The molecule has 5 nitrogen and oxygen atoms in total. The number of aliphatic imine (C=N–C) groups is 2. The number of methoxy groups -OCH3 is 1. The van der Waals surface area contributed by atoms with Gasteiger partial charge < -0.3 is 15.4 Å². The lowest BCUT2D eigenvalue weighted by molar-refractivity contribution is 0.414. The van der Waals surface area contributed by atoms with Crippen LogP contribution < -0.4 is 15.4 Å². The molecule has 8 rings (SSSR count). The van der Waals surface area contributed by atoms with Crippen molar-refractivity contribution in [3.8, 4) is 5.75 Å². The van der Waals surface area contributed by atoms with E-state index in [1.54, 1.807) is 7.11 Å². The van der Waals surface area contributed by atoms with E-state index in [1.165, 1.54) is 64.9 Å². The van der Waals surface area contributed by atoms with Crippen molar-refractivity contribution >= 4 is 22.8 Å². The smallest absolute Gasteiger partial charge is 0.118 e. The van der Waals surface area contributed by atoms with Crippen molar-refractivity contribution in [1.82, 2.24) is 10.6 Å². The largest absolute Gasteiger partial charge is 0.497 e. The molecule has 0 spiro atoms. The third-order valence-electron chi connectivity index (χ3n) is 10.2. The lowest BCUT2D eigenvalue weighted by atomic mass is 10.0. The first-order valence-electron chi connectivity index (χ1n) is 16.1. The molecule has 2 N–H and O–H groups in total. The van der Waals surface area contributed by atoms with E-state index in [1.807, 2.05) is 0 Å². The first kappa shape index (κ1) is 26.8. The van der Waals surface area contributed by atoms with Gasteiger partial charge in [0.25, 0.3) is 0 Å². The van der Waals surface area contributed by atoms with Crippen molar-refractivity contribution in [2.75, 3.05) is 20.2 Å². The fraction of sp³-hybridized carbons (Fsp3) is 0.368. The van der Waals surface area contributed by atoms with E-state index in [4.69, 9.17) is 14.7 Å². The molecular formula is C38H40N4O. The van der Waals surface area contributed by atoms with Crippen molar-refractivity contribution in [2.45, 2.75) is 68.4 Å². The second-order valence-corrected chi connectivity index (χ2v) is 12.7. The summed E-state index contributed by atoms with van der Waals surface area (Å²) in [5.41, 5.74) is 11.5. The highest BCUT2D eigenvalue weighted by Crippen LogP contribution is 2.66. The van der Waals surface area contributed by atoms with Crippen LogP contribution in [0.4, 0.5) is 0 Å². The Bertz CT molecular complexity index is 1500. The first-order valence-corrected chi connectivity index (χ1v) is 16.1. The number of ether oxygens (including phenoxy) is 1. The third kappa shape index (κ3) is 5.19. The number of hydrogen-bond acceptors (Lipinski definition) is 5. The fourth-order valence-corrected chi connectivity index (χ4v) is 7.77. The minimum Gasteiger partial charge on any atom is -0.497 e. The van der Waals surface area contributed by atoms with Gasteiger partial charge in [0, 0.05) is 36.3 Å². The minimum atomic E-state index is 0.440. The Morgan fingerprint density at radius 1 is 0.581 bits per heavy atom. The molecule has 218 valence electrons. The monoisotopic (exact) mass is 568 g/mol. The number of allylic oxidation sites excluding steroid dienone is 2. The molecule has 0 bridgehead atoms. The normalized spacial score (nSPS) is 28.0. The summed E-state index contributed by atoms with van der Waals surface area (Å²) in [4.78, 5) is 10.1. The molecule has 4 atom stereocenters. The molecule has 3 fully saturated rings. The van der Waals surface area contributed by atoms with Crippen molar-refractivity contribution in [1.29, 1.82) is 0 Å². The molecule has 4 aliphatic heterocycles. The summed E-state index contributed by atoms with van der Waals surface area (Å²) in [5, 5.41) is 7.20. The zero-order chi connectivity index (χ0) is 28.8. The highest BCUT2D eigenvalue weighted by molar-refractivity contribution is 6.00. The van der Waals surface area contributed by atoms with E-state index in [9.17, 15) is 0 Å². The Hall–Kier alpha value is -3.80. The summed E-state index contributed by atoms with van der Waals surface area (Å²) in [6.07, 6.45) is 11.4. The lowest BCUT2D eigenvalue weighted by Gasteiger charge is -2.09. The van der Waals surface area contributed by atoms with Crippen LogP contribution in [0.2, 0.25) is 0 Å². The average molecular weight is 569 g/mol. The second-order valence-electron chi connectivity index (χ2n) is 12.7. The van der Waals surface area contributed by atoms with Crippen molar-refractivity contribution in [3.05, 3.63) is 113 Å². The molecule has 3 aromatic carbocycles. The van der Waals surface area contributed by atoms with E-state index >= 15 is 0 Å². The summed E-state index contributed by atoms with van der Waals surface area (Å²) in [7, 11) is 1.73. The predicted molar refractivity (Wildman–Crippen MR) is 176 cm³/mol. The van der Waals surface area contributed by atoms with Gasteiger partial charge in [-0.2, -0.15) is 0 Å². The van der Waals surface area contributed by atoms with Crippen LogP contribution in [-0.4, -0.2) is 43.7 Å². The van der Waals surface area contributed by atoms with Gasteiger partial charge in [0.15, 0.2) is 0 Å². The van der Waals surface area contributed by atoms with Gasteiger partial charge in [0.2, 0.25) is 0 Å². The molecule has 4 heterocycles. The topological polar surface area (TPSA) is 58.0 Å². The molecule has 1 aliphatic carbocycles. The molecule has 0 amide bonds. The van der Waals surface area contributed by atoms with Crippen molar-refractivity contribution in [3.63, 3.8) is 0 Å². The first-order chi connectivity index (χ1) is 21.2. The lowest BCUT2D eigenvalue weighted by Crippen LogP contribution is -2.29. The molecule has 0 radical (unpaired) electrons. The van der Waals surface area contributed by atoms with Gasteiger partial charge in [0.05, 0.1) is 18.5 Å². The third-order valence-corrected chi connectivity index (χ3v) is 10.2. The van der Waals surface area contributed by atoms with E-state index < -0.39 is 0 Å². The standard InChI is InChI=1S/C38H40N4O/c1-43-29-16-14-28(15-17-29)38-36(26-10-6-24(7-11-26)30-18-20-34(41-30)32-4-2-22-39-32)37(38)27-12-8-25(9-13-27)31-19-21-35(42-31)33-5-3-23-40-33/h6-19,32-33,36-40H,2-5,20-23H2,1H3/t32-,33-,36?,37?,38?/m0/s1. The van der Waals surface area contributed by atoms with Crippen LogP contribution in [0.3, 0.4) is 0 Å². The molecule has 43 heavy (non-hydrogen) atoms. The number of benzene rings is 3. The number of hydrogen-bond donors (Lipinski definition) is 2. The van der Waals surface area contributed by atoms with E-state index in [2.05, 4.69) is 95.6 Å². The van der Waals surface area contributed by atoms with E-state index in [-0.39, 0.29) is 0 Å². The Morgan fingerprint density at radius 3 is 1.37 bits per heavy atom. The van der Waals surface area contributed by atoms with Crippen molar-refractivity contribution in [2.24, 2.45) is 9.98 Å². The number of nitrogens with one attached hydrogen (secondary N) is 2. The highest BCUT2D eigenvalue weighted by atomic mass is 16.5. The second kappa shape index (κ2) is 11.4. The quantitative estimate of drug-likeness (QED) is 0.301. The zero-order valence-electron chi connectivity index (χ0n) is 24.9. The maximum Gasteiger partial charge on any atom is 0.118 e. The van der Waals surface area contributed by atoms with Gasteiger partial charge in [-0.25, -0.2) is 0 Å². The van der Waals surface area contributed by atoms with Crippen molar-refractivity contribution < 1.29 is 4.74 Å². The van der Waals surface area contributed by atoms with Crippen LogP contribution in [0.5, 0.6) is 5.75 Å². The maximum atomic E-state index is 5.46. The van der Waals surface area contributed by atoms with Crippen LogP contribution in [0.25, 0.3) is 11.4 Å². The molecule has 0 aromatic heterocycles. The summed E-state index contributed by atoms with van der Waals surface area (Å²) in [5.74, 6) is 2.23. The molecule has 3 aromatic rings. The van der Waals surface area contributed by atoms with Gasteiger partial charge in [-0.1, -0.05) is 72.8 Å². The fourth-order valence-electron chi connectivity index (χ4n) is 7.77. The van der Waals surface area contributed by atoms with E-state index in [0.717, 1.165) is 43.1 Å². The molecular weight excluding hydrogens is 528 g/mol. The Morgan fingerprint density at radius 2 is 1.00 bits per heavy atom. The highest BCUT2D eigenvalue weighted by Gasteiger charge is 2.52. The van der Waals surface area contributed by atoms with Gasteiger partial charge in [-0.3, -0.25) is 9.98 Å². The van der Waals surface area contributed by atoms with Gasteiger partial charge in [-0.05, 0) is 96.5 Å². The number of nitrogens with zero attached hydrogens (tertiary/aromatic N) is 2. The van der Waals surface area contributed by atoms with Crippen LogP contribution in [-0.2, 0) is 0 Å². The van der Waals surface area contributed by atoms with Crippen LogP contribution in [0.15, 0.2) is 94.9 Å². The molecule has 5 aliphatic rings. The molecule has 2 unspecified atom stereocenters. The average Bonchev–Trinajstić information content (AvgIpc) is 3.73. The minimum absolute atomic E-state index is 0.440. The summed E-state index contributed by atoms with van der Waals surface area (Å²) < 4.78 is 5.46. The maximum absolute atomic E-state index is 5.46. The van der Waals surface area contributed by atoms with Gasteiger partial charge >= 0.3 is 0 Å². The number of rotatable bonds is 8. The zero-order valence-corrected chi connectivity index (χ0v) is 24.9. The molecule has 2 saturated heterocycles. The van der Waals surface area contributed by atoms with Gasteiger partial charge in [-0.15, -0.1) is 0 Å². The Balaban J connectivity index is 1.03. The summed E-state index contributed by atoms with van der Waals surface area (Å²) >= 11 is 0. The summed E-state index contributed by atoms with van der Waals surface area (Å²) in [6.45, 7) is 2.22. The SMILES string of the molecule is COc1ccc(C2C(c3ccc(C4=CCC([C@@H]5CCCN5)=N4)cc3)C2c2ccc(C3=CCC([C@@H]4CCCN4)=N3)cc2)cc1. The van der Waals surface area contributed by atoms with Gasteiger partial charge in [0.1, 0.15) is 5.75 Å². The predicted octanol–water partition coefficient (Wildman–Crippen LogP) is 7.24. The summed E-state index contributed by atoms with van der Waals surface area (Å²) in [6, 6.07) is 28.1. The van der Waals surface area contributed by atoms with Crippen LogP contribution in [0.1, 0.15) is 84.1 Å². The molecule has 5 heteroatoms. The Kier molecular flexibility index (Phi) is 7.08. The van der Waals surface area contributed by atoms with Crippen LogP contribution >= 0.6 is 0 Å².